The van der Waals surface area contributed by atoms with E-state index in [0.29, 0.717) is 0 Å². The zero-order valence-electron chi connectivity index (χ0n) is 8.81. The van der Waals surface area contributed by atoms with Crippen LogP contribution in [0, 0.1) is 13.8 Å². The fourth-order valence-corrected chi connectivity index (χ4v) is 2.58. The summed E-state index contributed by atoms with van der Waals surface area (Å²) in [7, 11) is 0. The van der Waals surface area contributed by atoms with Crippen molar-refractivity contribution in [2.45, 2.75) is 19.0 Å². The predicted molar refractivity (Wildman–Crippen MR) is 64.4 cm³/mol. The minimum absolute atomic E-state index is 0.804. The summed E-state index contributed by atoms with van der Waals surface area (Å²) in [4.78, 5) is 14.2. The molecule has 0 saturated carbocycles. The lowest BCUT2D eigenvalue weighted by Crippen LogP contribution is -1.88. The zero-order chi connectivity index (χ0) is 10.8. The second-order valence-electron chi connectivity index (χ2n) is 3.08. The lowest BCUT2D eigenvalue weighted by Gasteiger charge is -1.99. The van der Waals surface area contributed by atoms with Crippen LogP contribution in [0.3, 0.4) is 0 Å². The molecule has 78 valence electrons. The first-order chi connectivity index (χ1) is 7.20. The van der Waals surface area contributed by atoms with Crippen molar-refractivity contribution in [2.24, 2.45) is 0 Å². The van der Waals surface area contributed by atoms with Crippen LogP contribution < -0.4 is 0 Å². The molecule has 0 N–H and O–H groups in total. The third-order valence-corrected chi connectivity index (χ3v) is 3.61. The van der Waals surface area contributed by atoms with Gasteiger partial charge in [-0.1, -0.05) is 11.8 Å². The van der Waals surface area contributed by atoms with E-state index in [9.17, 15) is 0 Å². The zero-order valence-corrected chi connectivity index (χ0v) is 10.4. The minimum atomic E-state index is 0.804. The topological polar surface area (TPSA) is 38.7 Å². The smallest absolute Gasteiger partial charge is 0.187 e. The SMILES string of the molecule is CSc1nccc(-c2sc(C)nc2C)n1. The van der Waals surface area contributed by atoms with Crippen molar-refractivity contribution in [3.8, 4) is 10.6 Å². The van der Waals surface area contributed by atoms with Crippen LogP contribution >= 0.6 is 23.1 Å². The second-order valence-corrected chi connectivity index (χ2v) is 5.05. The molecule has 0 bridgehead atoms. The minimum Gasteiger partial charge on any atom is -0.246 e. The quantitative estimate of drug-likeness (QED) is 0.594. The van der Waals surface area contributed by atoms with E-state index in [1.54, 1.807) is 29.3 Å². The highest BCUT2D eigenvalue weighted by molar-refractivity contribution is 7.98. The summed E-state index contributed by atoms with van der Waals surface area (Å²) in [5, 5.41) is 1.88. The van der Waals surface area contributed by atoms with Crippen LogP contribution in [0.2, 0.25) is 0 Å². The third kappa shape index (κ3) is 2.18. The summed E-state index contributed by atoms with van der Waals surface area (Å²) < 4.78 is 0. The summed E-state index contributed by atoms with van der Waals surface area (Å²) in [5.74, 6) is 0. The van der Waals surface area contributed by atoms with Crippen molar-refractivity contribution in [2.75, 3.05) is 6.26 Å². The molecule has 0 atom stereocenters. The molecule has 2 rings (SSSR count). The molecule has 0 saturated heterocycles. The Balaban J connectivity index is 2.49. The van der Waals surface area contributed by atoms with Gasteiger partial charge in [0, 0.05) is 6.20 Å². The standard InChI is InChI=1S/C10H11N3S2/c1-6-9(15-7(2)12-6)8-4-5-11-10(13-8)14-3/h4-5H,1-3H3. The summed E-state index contributed by atoms with van der Waals surface area (Å²) in [5.41, 5.74) is 2.01. The number of hydrogen-bond acceptors (Lipinski definition) is 5. The van der Waals surface area contributed by atoms with Gasteiger partial charge in [0.15, 0.2) is 5.16 Å². The molecule has 0 fully saturated rings. The molecular weight excluding hydrogens is 226 g/mol. The first-order valence-electron chi connectivity index (χ1n) is 4.52. The summed E-state index contributed by atoms with van der Waals surface area (Å²) >= 11 is 3.23. The number of aromatic nitrogens is 3. The maximum Gasteiger partial charge on any atom is 0.187 e. The highest BCUT2D eigenvalue weighted by Gasteiger charge is 2.09. The number of thiazole rings is 1. The van der Waals surface area contributed by atoms with Gasteiger partial charge in [-0.2, -0.15) is 0 Å². The molecular formula is C10H11N3S2. The molecule has 0 unspecified atom stereocenters. The highest BCUT2D eigenvalue weighted by atomic mass is 32.2. The molecule has 0 amide bonds. The molecule has 2 aromatic rings. The average molecular weight is 237 g/mol. The van der Waals surface area contributed by atoms with Gasteiger partial charge in [-0.25, -0.2) is 15.0 Å². The number of aryl methyl sites for hydroxylation is 2. The Morgan fingerprint density at radius 3 is 2.67 bits per heavy atom. The van der Waals surface area contributed by atoms with Crippen LogP contribution in [0.4, 0.5) is 0 Å². The maximum absolute atomic E-state index is 4.46. The van der Waals surface area contributed by atoms with E-state index >= 15 is 0 Å². The first kappa shape index (κ1) is 10.6. The molecule has 0 aliphatic heterocycles. The fourth-order valence-electron chi connectivity index (χ4n) is 1.33. The largest absolute Gasteiger partial charge is 0.246 e. The van der Waals surface area contributed by atoms with Gasteiger partial charge in [0.1, 0.15) is 0 Å². The van der Waals surface area contributed by atoms with E-state index in [1.807, 2.05) is 26.2 Å². The lowest BCUT2D eigenvalue weighted by atomic mass is 10.3. The van der Waals surface area contributed by atoms with Gasteiger partial charge in [0.2, 0.25) is 0 Å². The maximum atomic E-state index is 4.46. The molecule has 0 aliphatic carbocycles. The van der Waals surface area contributed by atoms with Crippen molar-refractivity contribution in [3.63, 3.8) is 0 Å². The van der Waals surface area contributed by atoms with Gasteiger partial charge < -0.3 is 0 Å². The van der Waals surface area contributed by atoms with Crippen LogP contribution in [0.1, 0.15) is 10.7 Å². The van der Waals surface area contributed by atoms with Gasteiger partial charge in [0.25, 0.3) is 0 Å². The van der Waals surface area contributed by atoms with E-state index in [2.05, 4.69) is 15.0 Å². The van der Waals surface area contributed by atoms with Crippen LogP contribution in [-0.4, -0.2) is 21.2 Å². The summed E-state index contributed by atoms with van der Waals surface area (Å²) in [6.07, 6.45) is 3.77. The van der Waals surface area contributed by atoms with E-state index in [4.69, 9.17) is 0 Å². The van der Waals surface area contributed by atoms with E-state index in [0.717, 1.165) is 26.4 Å². The van der Waals surface area contributed by atoms with E-state index in [1.165, 1.54) is 0 Å². The monoisotopic (exact) mass is 237 g/mol. The van der Waals surface area contributed by atoms with Crippen LogP contribution in [-0.2, 0) is 0 Å². The molecule has 5 heteroatoms. The molecule has 0 aromatic carbocycles. The lowest BCUT2D eigenvalue weighted by molar-refractivity contribution is 0.976. The predicted octanol–water partition coefficient (Wildman–Crippen LogP) is 2.94. The van der Waals surface area contributed by atoms with E-state index < -0.39 is 0 Å². The average Bonchev–Trinajstić information content (AvgIpc) is 2.58. The van der Waals surface area contributed by atoms with Crippen molar-refractivity contribution in [1.29, 1.82) is 0 Å². The first-order valence-corrected chi connectivity index (χ1v) is 6.56. The third-order valence-electron chi connectivity index (χ3n) is 1.95. The van der Waals surface area contributed by atoms with Crippen molar-refractivity contribution < 1.29 is 0 Å². The molecule has 0 spiro atoms. The fraction of sp³-hybridized carbons (Fsp3) is 0.300. The number of nitrogens with zero attached hydrogens (tertiary/aromatic N) is 3. The van der Waals surface area contributed by atoms with Crippen LogP contribution in [0.25, 0.3) is 10.6 Å². The Kier molecular flexibility index (Phi) is 3.02. The Hall–Kier alpha value is -0.940. The molecule has 0 radical (unpaired) electrons. The van der Waals surface area contributed by atoms with E-state index in [-0.39, 0.29) is 0 Å². The molecule has 3 nitrogen and oxygen atoms in total. The van der Waals surface area contributed by atoms with Crippen LogP contribution in [0.15, 0.2) is 17.4 Å². The Bertz CT molecular complexity index is 479. The van der Waals surface area contributed by atoms with Gasteiger partial charge >= 0.3 is 0 Å². The second kappa shape index (κ2) is 4.28. The molecule has 0 aliphatic rings. The van der Waals surface area contributed by atoms with Gasteiger partial charge in [0.05, 0.1) is 21.3 Å². The highest BCUT2D eigenvalue weighted by Crippen LogP contribution is 2.28. The number of rotatable bonds is 2. The van der Waals surface area contributed by atoms with Crippen molar-refractivity contribution in [1.82, 2.24) is 15.0 Å². The Labute approximate surface area is 97.0 Å². The van der Waals surface area contributed by atoms with Gasteiger partial charge in [-0.05, 0) is 26.2 Å². The summed E-state index contributed by atoms with van der Waals surface area (Å²) in [6, 6.07) is 1.93. The summed E-state index contributed by atoms with van der Waals surface area (Å²) in [6.45, 7) is 4.03. The van der Waals surface area contributed by atoms with Gasteiger partial charge in [-0.15, -0.1) is 11.3 Å². The van der Waals surface area contributed by atoms with Crippen molar-refractivity contribution >= 4 is 23.1 Å². The van der Waals surface area contributed by atoms with Gasteiger partial charge in [-0.3, -0.25) is 0 Å². The van der Waals surface area contributed by atoms with Crippen molar-refractivity contribution in [3.05, 3.63) is 23.0 Å². The Morgan fingerprint density at radius 2 is 2.07 bits per heavy atom. The molecule has 2 aromatic heterocycles. The van der Waals surface area contributed by atoms with Crippen LogP contribution in [0.5, 0.6) is 0 Å². The molecule has 2 heterocycles. The number of thioether (sulfide) groups is 1. The molecule has 15 heavy (non-hydrogen) atoms. The Morgan fingerprint density at radius 1 is 1.27 bits per heavy atom. The number of hydrogen-bond donors (Lipinski definition) is 0. The normalized spacial score (nSPS) is 10.6.